The fourth-order valence-corrected chi connectivity index (χ4v) is 2.94. The summed E-state index contributed by atoms with van der Waals surface area (Å²) in [6, 6.07) is 8.29. The number of hydrogen-bond acceptors (Lipinski definition) is 8. The molecule has 8 nitrogen and oxygen atoms in total. The summed E-state index contributed by atoms with van der Waals surface area (Å²) in [6.45, 7) is 0.783. The minimum atomic E-state index is -1.08. The molecule has 1 aromatic heterocycles. The molecule has 0 radical (unpaired) electrons. The SMILES string of the molecule is COc1cccc(C(=O)NCC(=O)OCC(=O)[C@@H](C#N)c2nc(C)cs2)c1. The van der Waals surface area contributed by atoms with Crippen LogP contribution in [0.25, 0.3) is 0 Å². The summed E-state index contributed by atoms with van der Waals surface area (Å²) < 4.78 is 9.87. The Kier molecular flexibility index (Phi) is 7.02. The molecule has 0 aliphatic rings. The Balaban J connectivity index is 1.82. The Hall–Kier alpha value is -3.25. The van der Waals surface area contributed by atoms with E-state index < -0.39 is 36.7 Å². The number of aryl methyl sites for hydroxylation is 1. The van der Waals surface area contributed by atoms with Crippen LogP contribution in [0.15, 0.2) is 29.6 Å². The summed E-state index contributed by atoms with van der Waals surface area (Å²) in [6.07, 6.45) is 0. The van der Waals surface area contributed by atoms with Gasteiger partial charge in [0.2, 0.25) is 0 Å². The topological polar surface area (TPSA) is 118 Å². The van der Waals surface area contributed by atoms with Crippen LogP contribution in [0.4, 0.5) is 0 Å². The first-order valence-electron chi connectivity index (χ1n) is 7.86. The van der Waals surface area contributed by atoms with Crippen LogP contribution in [0.1, 0.15) is 27.0 Å². The van der Waals surface area contributed by atoms with Gasteiger partial charge in [0.25, 0.3) is 5.91 Å². The number of nitriles is 1. The standard InChI is InChI=1S/C18H17N3O5S/c1-11-10-27-18(21-11)14(7-19)15(22)9-26-16(23)8-20-17(24)12-4-3-5-13(6-12)25-2/h3-6,10,14H,8-9H2,1-2H3,(H,20,24)/t14-/m1/s1. The lowest BCUT2D eigenvalue weighted by atomic mass is 10.1. The van der Waals surface area contributed by atoms with Crippen LogP contribution < -0.4 is 10.1 Å². The second-order valence-electron chi connectivity index (χ2n) is 5.43. The van der Waals surface area contributed by atoms with Gasteiger partial charge in [-0.15, -0.1) is 11.3 Å². The summed E-state index contributed by atoms with van der Waals surface area (Å²) in [4.78, 5) is 39.9. The lowest BCUT2D eigenvalue weighted by molar-refractivity contribution is -0.146. The number of amides is 1. The minimum Gasteiger partial charge on any atom is -0.497 e. The zero-order valence-corrected chi connectivity index (χ0v) is 15.5. The number of nitrogens with one attached hydrogen (secondary N) is 1. The van der Waals surface area contributed by atoms with Gasteiger partial charge in [-0.05, 0) is 25.1 Å². The largest absolute Gasteiger partial charge is 0.497 e. The highest BCUT2D eigenvalue weighted by molar-refractivity contribution is 7.09. The lowest BCUT2D eigenvalue weighted by Crippen LogP contribution is -2.32. The van der Waals surface area contributed by atoms with Gasteiger partial charge in [0.15, 0.2) is 18.3 Å². The maximum Gasteiger partial charge on any atom is 0.325 e. The zero-order chi connectivity index (χ0) is 19.8. The number of rotatable bonds is 8. The van der Waals surface area contributed by atoms with Crippen molar-refractivity contribution in [3.8, 4) is 11.8 Å². The van der Waals surface area contributed by atoms with E-state index >= 15 is 0 Å². The monoisotopic (exact) mass is 387 g/mol. The third-order valence-corrected chi connectivity index (χ3v) is 4.46. The van der Waals surface area contributed by atoms with Crippen molar-refractivity contribution >= 4 is 29.0 Å². The van der Waals surface area contributed by atoms with E-state index in [0.717, 1.165) is 0 Å². The Labute approximate surface area is 159 Å². The fraction of sp³-hybridized carbons (Fsp3) is 0.278. The predicted molar refractivity (Wildman–Crippen MR) is 96.5 cm³/mol. The van der Waals surface area contributed by atoms with Crippen molar-refractivity contribution in [2.45, 2.75) is 12.8 Å². The predicted octanol–water partition coefficient (Wildman–Crippen LogP) is 1.61. The molecule has 1 N–H and O–H groups in total. The first-order valence-corrected chi connectivity index (χ1v) is 8.74. The van der Waals surface area contributed by atoms with E-state index in [9.17, 15) is 14.4 Å². The molecule has 9 heteroatoms. The van der Waals surface area contributed by atoms with Gasteiger partial charge in [-0.3, -0.25) is 14.4 Å². The third-order valence-electron chi connectivity index (χ3n) is 3.44. The molecule has 0 saturated carbocycles. The van der Waals surface area contributed by atoms with E-state index in [0.29, 0.717) is 22.0 Å². The van der Waals surface area contributed by atoms with Crippen LogP contribution >= 0.6 is 11.3 Å². The molecule has 1 atom stereocenters. The number of Topliss-reactive ketones (excluding diaryl/α,β-unsaturated/α-hetero) is 1. The molecule has 1 heterocycles. The molecule has 0 saturated heterocycles. The van der Waals surface area contributed by atoms with Crippen molar-refractivity contribution in [2.24, 2.45) is 0 Å². The maximum atomic E-state index is 12.1. The van der Waals surface area contributed by atoms with E-state index in [1.165, 1.54) is 24.5 Å². The molecule has 0 fully saturated rings. The van der Waals surface area contributed by atoms with Gasteiger partial charge in [-0.1, -0.05) is 6.07 Å². The molecule has 1 aromatic carbocycles. The van der Waals surface area contributed by atoms with Crippen LogP contribution in [-0.2, 0) is 14.3 Å². The zero-order valence-electron chi connectivity index (χ0n) is 14.7. The van der Waals surface area contributed by atoms with E-state index in [4.69, 9.17) is 14.7 Å². The number of aromatic nitrogens is 1. The average Bonchev–Trinajstić information content (AvgIpc) is 3.10. The van der Waals surface area contributed by atoms with E-state index in [2.05, 4.69) is 10.3 Å². The highest BCUT2D eigenvalue weighted by Gasteiger charge is 2.24. The van der Waals surface area contributed by atoms with Gasteiger partial charge >= 0.3 is 5.97 Å². The second kappa shape index (κ2) is 9.45. The number of esters is 1. The number of nitrogens with zero attached hydrogens (tertiary/aromatic N) is 2. The van der Waals surface area contributed by atoms with Crippen molar-refractivity contribution in [1.82, 2.24) is 10.3 Å². The number of benzene rings is 1. The highest BCUT2D eigenvalue weighted by atomic mass is 32.1. The molecular formula is C18H17N3O5S. The van der Waals surface area contributed by atoms with Crippen molar-refractivity contribution < 1.29 is 23.9 Å². The van der Waals surface area contributed by atoms with Gasteiger partial charge < -0.3 is 14.8 Å². The molecule has 27 heavy (non-hydrogen) atoms. The summed E-state index contributed by atoms with van der Waals surface area (Å²) >= 11 is 1.20. The van der Waals surface area contributed by atoms with Crippen molar-refractivity contribution in [3.63, 3.8) is 0 Å². The average molecular weight is 387 g/mol. The number of carbonyl (C=O) groups is 3. The minimum absolute atomic E-state index is 0.321. The summed E-state index contributed by atoms with van der Waals surface area (Å²) in [5, 5.41) is 13.6. The van der Waals surface area contributed by atoms with Crippen LogP contribution in [0, 0.1) is 18.3 Å². The fourth-order valence-electron chi connectivity index (χ4n) is 2.07. The number of methoxy groups -OCH3 is 1. The number of hydrogen-bond donors (Lipinski definition) is 1. The molecule has 0 aliphatic carbocycles. The Morgan fingerprint density at radius 2 is 2.15 bits per heavy atom. The molecule has 0 spiro atoms. The lowest BCUT2D eigenvalue weighted by Gasteiger charge is -2.08. The summed E-state index contributed by atoms with van der Waals surface area (Å²) in [5.74, 6) is -2.41. The van der Waals surface area contributed by atoms with Gasteiger partial charge in [0.1, 0.15) is 17.3 Å². The normalized spacial score (nSPS) is 11.1. The molecule has 2 rings (SSSR count). The van der Waals surface area contributed by atoms with Crippen molar-refractivity contribution in [1.29, 1.82) is 5.26 Å². The number of thiazole rings is 1. The Morgan fingerprint density at radius 3 is 2.78 bits per heavy atom. The molecule has 2 aromatic rings. The first kappa shape index (κ1) is 20.1. The highest BCUT2D eigenvalue weighted by Crippen LogP contribution is 2.20. The van der Waals surface area contributed by atoms with E-state index in [1.807, 2.05) is 6.07 Å². The molecule has 0 bridgehead atoms. The van der Waals surface area contributed by atoms with E-state index in [1.54, 1.807) is 30.5 Å². The first-order chi connectivity index (χ1) is 12.9. The molecule has 0 unspecified atom stereocenters. The summed E-state index contributed by atoms with van der Waals surface area (Å²) in [5.41, 5.74) is 1.03. The van der Waals surface area contributed by atoms with Gasteiger partial charge in [0, 0.05) is 16.6 Å². The smallest absolute Gasteiger partial charge is 0.325 e. The van der Waals surface area contributed by atoms with Crippen LogP contribution in [0.2, 0.25) is 0 Å². The van der Waals surface area contributed by atoms with Crippen molar-refractivity contribution in [2.75, 3.05) is 20.3 Å². The molecule has 1 amide bonds. The van der Waals surface area contributed by atoms with Gasteiger partial charge in [-0.25, -0.2) is 4.98 Å². The van der Waals surface area contributed by atoms with Crippen LogP contribution in [0.5, 0.6) is 5.75 Å². The van der Waals surface area contributed by atoms with Crippen molar-refractivity contribution in [3.05, 3.63) is 45.9 Å². The van der Waals surface area contributed by atoms with Crippen LogP contribution in [0.3, 0.4) is 0 Å². The van der Waals surface area contributed by atoms with E-state index in [-0.39, 0.29) is 0 Å². The molecule has 0 aliphatic heterocycles. The van der Waals surface area contributed by atoms with Crippen LogP contribution in [-0.4, -0.2) is 42.9 Å². The number of ketones is 1. The second-order valence-corrected chi connectivity index (χ2v) is 6.32. The Morgan fingerprint density at radius 1 is 1.37 bits per heavy atom. The third kappa shape index (κ3) is 5.62. The molecular weight excluding hydrogens is 370 g/mol. The number of carbonyl (C=O) groups excluding carboxylic acids is 3. The van der Waals surface area contributed by atoms with Gasteiger partial charge in [0.05, 0.1) is 13.2 Å². The Bertz CT molecular complexity index is 887. The van der Waals surface area contributed by atoms with Gasteiger partial charge in [-0.2, -0.15) is 5.26 Å². The summed E-state index contributed by atoms with van der Waals surface area (Å²) in [7, 11) is 1.48. The maximum absolute atomic E-state index is 12.1. The number of ether oxygens (including phenoxy) is 2. The quantitative estimate of drug-likeness (QED) is 0.684. The molecule has 140 valence electrons.